The number of benzene rings is 1. The molecule has 0 saturated carbocycles. The number of thiocarbonyl (C=S) groups is 1. The Kier molecular flexibility index (Phi) is 6.19. The number of nitrogens with one attached hydrogen (secondary N) is 2. The Morgan fingerprint density at radius 2 is 1.88 bits per heavy atom. The first-order valence-electron chi connectivity index (χ1n) is 8.10. The molecule has 1 aromatic rings. The van der Waals surface area contributed by atoms with Crippen LogP contribution < -0.4 is 10.7 Å². The van der Waals surface area contributed by atoms with Gasteiger partial charge in [-0.2, -0.15) is 0 Å². The van der Waals surface area contributed by atoms with Crippen LogP contribution >= 0.6 is 12.2 Å². The van der Waals surface area contributed by atoms with Crippen molar-refractivity contribution in [3.8, 4) is 0 Å². The Balaban J connectivity index is 2.07. The molecule has 8 heteroatoms. The van der Waals surface area contributed by atoms with Gasteiger partial charge in [-0.25, -0.2) is 17.7 Å². The molecule has 0 unspecified atom stereocenters. The number of hydrogen-bond acceptors (Lipinski definition) is 4. The van der Waals surface area contributed by atoms with E-state index in [9.17, 15) is 8.42 Å². The van der Waals surface area contributed by atoms with E-state index in [1.54, 1.807) is 24.3 Å². The molecule has 1 aliphatic heterocycles. The van der Waals surface area contributed by atoms with Gasteiger partial charge in [-0.15, -0.1) is 0 Å². The van der Waals surface area contributed by atoms with Crippen molar-refractivity contribution in [3.63, 3.8) is 0 Å². The predicted octanol–water partition coefficient (Wildman–Crippen LogP) is 2.40. The van der Waals surface area contributed by atoms with Gasteiger partial charge >= 0.3 is 0 Å². The fraction of sp³-hybridized carbons (Fsp3) is 0.562. The van der Waals surface area contributed by atoms with Gasteiger partial charge in [0.1, 0.15) is 0 Å². The van der Waals surface area contributed by atoms with Crippen LogP contribution in [0.4, 0.5) is 5.69 Å². The molecule has 0 spiro atoms. The van der Waals surface area contributed by atoms with Gasteiger partial charge in [0.25, 0.3) is 0 Å². The van der Waals surface area contributed by atoms with Crippen LogP contribution in [0.25, 0.3) is 0 Å². The lowest BCUT2D eigenvalue weighted by atomic mass is 10.00. The van der Waals surface area contributed by atoms with Crippen LogP contribution in [0.3, 0.4) is 0 Å². The number of rotatable bonds is 4. The molecule has 0 aromatic heterocycles. The number of sulfonamides is 1. The smallest absolute Gasteiger partial charge is 0.242 e. The Hall–Kier alpha value is -1.22. The molecule has 6 nitrogen and oxygen atoms in total. The summed E-state index contributed by atoms with van der Waals surface area (Å²) in [7, 11) is -0.431. The lowest BCUT2D eigenvalue weighted by molar-refractivity contribution is 0.0750. The zero-order chi connectivity index (χ0) is 17.9. The molecule has 1 fully saturated rings. The molecule has 0 aliphatic carbocycles. The molecule has 0 radical (unpaired) electrons. The fourth-order valence-electron chi connectivity index (χ4n) is 2.86. The normalized spacial score (nSPS) is 22.4. The summed E-state index contributed by atoms with van der Waals surface area (Å²) in [5.41, 5.74) is 3.89. The first-order valence-corrected chi connectivity index (χ1v) is 9.95. The number of anilines is 1. The summed E-state index contributed by atoms with van der Waals surface area (Å²) < 4.78 is 25.6. The molecular formula is C16H26N4O2S2. The van der Waals surface area contributed by atoms with Crippen molar-refractivity contribution < 1.29 is 8.42 Å². The van der Waals surface area contributed by atoms with Gasteiger partial charge in [0.15, 0.2) is 5.11 Å². The second kappa shape index (κ2) is 7.77. The van der Waals surface area contributed by atoms with Crippen molar-refractivity contribution in [2.24, 2.45) is 0 Å². The minimum atomic E-state index is -3.46. The first-order chi connectivity index (χ1) is 11.2. The Morgan fingerprint density at radius 3 is 2.46 bits per heavy atom. The van der Waals surface area contributed by atoms with Gasteiger partial charge in [-0.3, -0.25) is 5.43 Å². The van der Waals surface area contributed by atoms with Crippen LogP contribution in [0, 0.1) is 0 Å². The zero-order valence-corrected chi connectivity index (χ0v) is 16.2. The molecule has 1 aromatic carbocycles. The van der Waals surface area contributed by atoms with E-state index in [1.165, 1.54) is 24.8 Å². The van der Waals surface area contributed by atoms with Crippen molar-refractivity contribution in [2.75, 3.05) is 19.4 Å². The van der Waals surface area contributed by atoms with Gasteiger partial charge in [-0.05, 0) is 57.1 Å². The molecule has 2 N–H and O–H groups in total. The molecule has 0 amide bonds. The highest BCUT2D eigenvalue weighted by atomic mass is 32.2. The van der Waals surface area contributed by atoms with Gasteiger partial charge in [0.05, 0.1) is 4.90 Å². The first kappa shape index (κ1) is 19.1. The summed E-state index contributed by atoms with van der Waals surface area (Å²) in [6.45, 7) is 4.35. The van der Waals surface area contributed by atoms with E-state index < -0.39 is 10.0 Å². The average molecular weight is 371 g/mol. The van der Waals surface area contributed by atoms with E-state index in [-0.39, 0.29) is 4.90 Å². The van der Waals surface area contributed by atoms with Crippen LogP contribution in [0.5, 0.6) is 0 Å². The number of nitrogens with zero attached hydrogens (tertiary/aromatic N) is 2. The number of hydrazine groups is 1. The van der Waals surface area contributed by atoms with E-state index in [1.807, 2.05) is 0 Å². The topological polar surface area (TPSA) is 64.7 Å². The van der Waals surface area contributed by atoms with Crippen molar-refractivity contribution in [2.45, 2.75) is 50.1 Å². The third-order valence-corrected chi connectivity index (χ3v) is 6.30. The van der Waals surface area contributed by atoms with Crippen molar-refractivity contribution >= 4 is 33.0 Å². The number of hydrogen-bond donors (Lipinski definition) is 2. The maximum absolute atomic E-state index is 12.2. The molecule has 134 valence electrons. The molecule has 1 heterocycles. The highest BCUT2D eigenvalue weighted by Crippen LogP contribution is 2.21. The summed E-state index contributed by atoms with van der Waals surface area (Å²) in [5.74, 6) is 0. The fourth-order valence-corrected chi connectivity index (χ4v) is 4.03. The molecule has 2 atom stereocenters. The molecule has 1 aliphatic rings. The van der Waals surface area contributed by atoms with E-state index >= 15 is 0 Å². The van der Waals surface area contributed by atoms with E-state index in [4.69, 9.17) is 12.2 Å². The summed E-state index contributed by atoms with van der Waals surface area (Å²) in [5, 5.41) is 5.71. The highest BCUT2D eigenvalue weighted by molar-refractivity contribution is 7.89. The van der Waals surface area contributed by atoms with Gasteiger partial charge < -0.3 is 5.32 Å². The van der Waals surface area contributed by atoms with Crippen LogP contribution in [0.1, 0.15) is 33.1 Å². The lowest BCUT2D eigenvalue weighted by Crippen LogP contribution is -2.55. The second-order valence-electron chi connectivity index (χ2n) is 6.42. The van der Waals surface area contributed by atoms with Crippen LogP contribution in [-0.2, 0) is 10.0 Å². The lowest BCUT2D eigenvalue weighted by Gasteiger charge is -2.39. The van der Waals surface area contributed by atoms with Crippen molar-refractivity contribution in [1.29, 1.82) is 0 Å². The van der Waals surface area contributed by atoms with E-state index in [0.717, 1.165) is 12.8 Å². The molecular weight excluding hydrogens is 344 g/mol. The third kappa shape index (κ3) is 4.44. The molecule has 2 rings (SSSR count). The minimum Gasteiger partial charge on any atom is -0.332 e. The van der Waals surface area contributed by atoms with Crippen molar-refractivity contribution in [3.05, 3.63) is 24.3 Å². The maximum Gasteiger partial charge on any atom is 0.242 e. The van der Waals surface area contributed by atoms with Gasteiger partial charge in [-0.1, -0.05) is 12.5 Å². The Morgan fingerprint density at radius 1 is 1.25 bits per heavy atom. The average Bonchev–Trinajstić information content (AvgIpc) is 2.51. The summed E-state index contributed by atoms with van der Waals surface area (Å²) >= 11 is 5.39. The Labute approximate surface area is 150 Å². The number of piperidine rings is 1. The monoisotopic (exact) mass is 370 g/mol. The molecule has 1 saturated heterocycles. The second-order valence-corrected chi connectivity index (χ2v) is 8.98. The van der Waals surface area contributed by atoms with E-state index in [2.05, 4.69) is 29.6 Å². The molecule has 0 bridgehead atoms. The summed E-state index contributed by atoms with van der Waals surface area (Å²) in [6.07, 6.45) is 3.50. The van der Waals surface area contributed by atoms with Crippen LogP contribution in [0.2, 0.25) is 0 Å². The third-order valence-electron chi connectivity index (χ3n) is 4.29. The summed E-state index contributed by atoms with van der Waals surface area (Å²) in [6, 6.07) is 7.49. The van der Waals surface area contributed by atoms with Crippen LogP contribution in [-0.4, -0.2) is 49.0 Å². The minimum absolute atomic E-state index is 0.236. The SMILES string of the molecule is C[C@H]1CCC[C@H](C)N1NC(=S)Nc1cccc(S(=O)(=O)N(C)C)c1. The quantitative estimate of drug-likeness (QED) is 0.794. The van der Waals surface area contributed by atoms with Gasteiger partial charge in [0.2, 0.25) is 10.0 Å². The van der Waals surface area contributed by atoms with Crippen molar-refractivity contribution in [1.82, 2.24) is 14.7 Å². The standard InChI is InChI=1S/C16H26N4O2S2/c1-12-7-5-8-13(2)20(12)18-16(23)17-14-9-6-10-15(11-14)24(21,22)19(3)4/h6,9-13H,5,7-8H2,1-4H3,(H2,17,18,23)/t12-,13-/m0/s1. The zero-order valence-electron chi connectivity index (χ0n) is 14.6. The van der Waals surface area contributed by atoms with E-state index in [0.29, 0.717) is 22.9 Å². The van der Waals surface area contributed by atoms with Crippen LogP contribution in [0.15, 0.2) is 29.2 Å². The summed E-state index contributed by atoms with van der Waals surface area (Å²) in [4.78, 5) is 0.236. The highest BCUT2D eigenvalue weighted by Gasteiger charge is 2.25. The van der Waals surface area contributed by atoms with Gasteiger partial charge in [0, 0.05) is 31.9 Å². The molecule has 24 heavy (non-hydrogen) atoms. The maximum atomic E-state index is 12.2. The largest absolute Gasteiger partial charge is 0.332 e. The Bertz CT molecular complexity index is 681. The predicted molar refractivity (Wildman–Crippen MR) is 101 cm³/mol.